The van der Waals surface area contributed by atoms with E-state index in [2.05, 4.69) is 5.32 Å². The van der Waals surface area contributed by atoms with Gasteiger partial charge >= 0.3 is 0 Å². The fourth-order valence-corrected chi connectivity index (χ4v) is 3.56. The maximum Gasteiger partial charge on any atom is 0.268 e. The van der Waals surface area contributed by atoms with E-state index in [1.54, 1.807) is 4.90 Å². The third kappa shape index (κ3) is 3.67. The number of thiophene rings is 1. The van der Waals surface area contributed by atoms with Gasteiger partial charge in [0.15, 0.2) is 0 Å². The summed E-state index contributed by atoms with van der Waals surface area (Å²) in [6.07, 6.45) is 1.31. The molecule has 0 atom stereocenters. The van der Waals surface area contributed by atoms with E-state index in [0.29, 0.717) is 13.0 Å². The van der Waals surface area contributed by atoms with E-state index in [1.807, 2.05) is 56.5 Å². The van der Waals surface area contributed by atoms with E-state index in [9.17, 15) is 9.59 Å². The van der Waals surface area contributed by atoms with Crippen LogP contribution in [0.15, 0.2) is 35.7 Å². The summed E-state index contributed by atoms with van der Waals surface area (Å²) in [6.45, 7) is 6.80. The lowest BCUT2D eigenvalue weighted by molar-refractivity contribution is -0.117. The lowest BCUT2D eigenvalue weighted by Gasteiger charge is -2.19. The monoisotopic (exact) mass is 342 g/mol. The highest BCUT2D eigenvalue weighted by Crippen LogP contribution is 2.33. The van der Waals surface area contributed by atoms with Gasteiger partial charge in [0.2, 0.25) is 5.91 Å². The Kier molecular flexibility index (Phi) is 4.45. The van der Waals surface area contributed by atoms with Crippen LogP contribution in [0.1, 0.15) is 42.4 Å². The number of carbonyl (C=O) groups is 2. The molecule has 5 heteroatoms. The molecule has 2 heterocycles. The predicted molar refractivity (Wildman–Crippen MR) is 98.8 cm³/mol. The highest BCUT2D eigenvalue weighted by molar-refractivity contribution is 7.12. The molecule has 1 aromatic carbocycles. The van der Waals surface area contributed by atoms with Gasteiger partial charge in [0.1, 0.15) is 0 Å². The van der Waals surface area contributed by atoms with Crippen LogP contribution in [0.25, 0.3) is 0 Å². The lowest BCUT2D eigenvalue weighted by Crippen LogP contribution is -2.28. The Morgan fingerprint density at radius 2 is 2.04 bits per heavy atom. The number of hydrogen-bond donors (Lipinski definition) is 1. The maximum atomic E-state index is 12.6. The lowest BCUT2D eigenvalue weighted by atomic mass is 9.92. The molecule has 3 rings (SSSR count). The summed E-state index contributed by atoms with van der Waals surface area (Å²) < 4.78 is 0. The summed E-state index contributed by atoms with van der Waals surface area (Å²) in [5, 5.41) is 4.86. The van der Waals surface area contributed by atoms with Crippen LogP contribution in [0.5, 0.6) is 0 Å². The molecule has 0 bridgehead atoms. The molecule has 1 aromatic heterocycles. The fraction of sp³-hybridized carbons (Fsp3) is 0.368. The second kappa shape index (κ2) is 6.40. The molecule has 24 heavy (non-hydrogen) atoms. The van der Waals surface area contributed by atoms with Gasteiger partial charge in [-0.2, -0.15) is 0 Å². The highest BCUT2D eigenvalue weighted by atomic mass is 32.1. The largest absolute Gasteiger partial charge is 0.326 e. The van der Waals surface area contributed by atoms with E-state index in [0.717, 1.165) is 28.2 Å². The minimum absolute atomic E-state index is 0.00317. The number of fused-ring (bicyclic) bond motifs is 1. The molecule has 2 aromatic rings. The van der Waals surface area contributed by atoms with Gasteiger partial charge in [0.05, 0.1) is 4.88 Å². The van der Waals surface area contributed by atoms with Crippen molar-refractivity contribution in [2.45, 2.75) is 33.6 Å². The molecule has 1 aliphatic rings. The van der Waals surface area contributed by atoms with E-state index in [-0.39, 0.29) is 17.2 Å². The zero-order valence-electron chi connectivity index (χ0n) is 14.3. The third-order valence-corrected chi connectivity index (χ3v) is 4.79. The number of nitrogens with zero attached hydrogens (tertiary/aromatic N) is 1. The number of amides is 2. The minimum Gasteiger partial charge on any atom is -0.326 e. The molecule has 0 fully saturated rings. The third-order valence-electron chi connectivity index (χ3n) is 3.93. The topological polar surface area (TPSA) is 49.4 Å². The Balaban J connectivity index is 1.79. The highest BCUT2D eigenvalue weighted by Gasteiger charge is 2.26. The molecule has 1 N–H and O–H groups in total. The number of carbonyl (C=O) groups excluding carboxylic acids is 2. The number of hydrogen-bond acceptors (Lipinski definition) is 3. The minimum atomic E-state index is -0.0536. The van der Waals surface area contributed by atoms with Crippen molar-refractivity contribution < 1.29 is 9.59 Å². The molecule has 126 valence electrons. The van der Waals surface area contributed by atoms with Gasteiger partial charge in [-0.05, 0) is 41.0 Å². The van der Waals surface area contributed by atoms with E-state index in [1.165, 1.54) is 11.3 Å². The normalized spacial score (nSPS) is 13.7. The molecular weight excluding hydrogens is 320 g/mol. The smallest absolute Gasteiger partial charge is 0.268 e. The average Bonchev–Trinajstić information content (AvgIpc) is 3.14. The van der Waals surface area contributed by atoms with Crippen molar-refractivity contribution in [3.05, 3.63) is 46.2 Å². The summed E-state index contributed by atoms with van der Waals surface area (Å²) in [5.74, 6) is 0.0264. The van der Waals surface area contributed by atoms with Crippen LogP contribution in [-0.2, 0) is 11.2 Å². The van der Waals surface area contributed by atoms with Crippen LogP contribution >= 0.6 is 11.3 Å². The molecule has 4 nitrogen and oxygen atoms in total. The Morgan fingerprint density at radius 3 is 2.71 bits per heavy atom. The fourth-order valence-electron chi connectivity index (χ4n) is 2.89. The Labute approximate surface area is 146 Å². The number of nitrogens with one attached hydrogen (secondary N) is 1. The van der Waals surface area contributed by atoms with E-state index in [4.69, 9.17) is 0 Å². The zero-order chi connectivity index (χ0) is 17.3. The quantitative estimate of drug-likeness (QED) is 0.903. The van der Waals surface area contributed by atoms with Gasteiger partial charge in [-0.1, -0.05) is 32.9 Å². The summed E-state index contributed by atoms with van der Waals surface area (Å²) in [7, 11) is 0. The summed E-state index contributed by atoms with van der Waals surface area (Å²) in [5.41, 5.74) is 2.74. The van der Waals surface area contributed by atoms with Gasteiger partial charge < -0.3 is 10.2 Å². The first kappa shape index (κ1) is 16.7. The second-order valence-electron chi connectivity index (χ2n) is 7.31. The summed E-state index contributed by atoms with van der Waals surface area (Å²) in [6, 6.07) is 9.56. The first-order chi connectivity index (χ1) is 11.3. The standard InChI is InChI=1S/C19H22N2O2S/c1-19(2,3)12-17(22)20-14-7-6-13-8-9-21(15(13)11-14)18(23)16-5-4-10-24-16/h4-7,10-11H,8-9,12H2,1-3H3,(H,20,22). The van der Waals surface area contributed by atoms with E-state index >= 15 is 0 Å². The Bertz CT molecular complexity index is 760. The van der Waals surface area contributed by atoms with Crippen molar-refractivity contribution in [1.29, 1.82) is 0 Å². The molecular formula is C19H22N2O2S. The van der Waals surface area contributed by atoms with Crippen LogP contribution in [0.3, 0.4) is 0 Å². The van der Waals surface area contributed by atoms with Gasteiger partial charge in [-0.3, -0.25) is 9.59 Å². The molecule has 2 amide bonds. The molecule has 0 saturated carbocycles. The molecule has 0 saturated heterocycles. The first-order valence-electron chi connectivity index (χ1n) is 8.12. The molecule has 1 aliphatic heterocycles. The van der Waals surface area contributed by atoms with Gasteiger partial charge in [0, 0.05) is 24.3 Å². The van der Waals surface area contributed by atoms with Crippen molar-refractivity contribution >= 4 is 34.5 Å². The van der Waals surface area contributed by atoms with Crippen LogP contribution in [0.2, 0.25) is 0 Å². The predicted octanol–water partition coefficient (Wildman–Crippen LogP) is 4.33. The molecule has 0 unspecified atom stereocenters. The first-order valence-corrected chi connectivity index (χ1v) is 9.00. The van der Waals surface area contributed by atoms with Gasteiger partial charge in [-0.25, -0.2) is 0 Å². The summed E-state index contributed by atoms with van der Waals surface area (Å²) >= 11 is 1.45. The van der Waals surface area contributed by atoms with Crippen molar-refractivity contribution in [1.82, 2.24) is 0 Å². The second-order valence-corrected chi connectivity index (χ2v) is 8.26. The zero-order valence-corrected chi connectivity index (χ0v) is 15.1. The van der Waals surface area contributed by atoms with Crippen molar-refractivity contribution in [3.63, 3.8) is 0 Å². The SMILES string of the molecule is CC(C)(C)CC(=O)Nc1ccc2c(c1)N(C(=O)c1cccs1)CC2. The van der Waals surface area contributed by atoms with Crippen LogP contribution in [0, 0.1) is 5.41 Å². The number of rotatable bonds is 3. The van der Waals surface area contributed by atoms with Crippen LogP contribution in [0.4, 0.5) is 11.4 Å². The average molecular weight is 342 g/mol. The van der Waals surface area contributed by atoms with Crippen molar-refractivity contribution in [2.24, 2.45) is 5.41 Å². The summed E-state index contributed by atoms with van der Waals surface area (Å²) in [4.78, 5) is 27.3. The van der Waals surface area contributed by atoms with E-state index < -0.39 is 0 Å². The van der Waals surface area contributed by atoms with Gasteiger partial charge in [-0.15, -0.1) is 11.3 Å². The number of anilines is 2. The maximum absolute atomic E-state index is 12.6. The van der Waals surface area contributed by atoms with Crippen molar-refractivity contribution in [3.8, 4) is 0 Å². The number of benzene rings is 1. The van der Waals surface area contributed by atoms with Gasteiger partial charge in [0.25, 0.3) is 5.91 Å². The molecule has 0 spiro atoms. The molecule has 0 aliphatic carbocycles. The Morgan fingerprint density at radius 1 is 1.25 bits per heavy atom. The van der Waals surface area contributed by atoms with Crippen LogP contribution in [-0.4, -0.2) is 18.4 Å². The Hall–Kier alpha value is -2.14. The van der Waals surface area contributed by atoms with Crippen LogP contribution < -0.4 is 10.2 Å². The van der Waals surface area contributed by atoms with Crippen molar-refractivity contribution in [2.75, 3.05) is 16.8 Å². The molecule has 0 radical (unpaired) electrons.